The lowest BCUT2D eigenvalue weighted by molar-refractivity contribution is -0.173. The highest BCUT2D eigenvalue weighted by atomic mass is 16.3. The second-order valence-corrected chi connectivity index (χ2v) is 8.25. The summed E-state index contributed by atoms with van der Waals surface area (Å²) in [6, 6.07) is 0.128. The van der Waals surface area contributed by atoms with Crippen molar-refractivity contribution in [1.82, 2.24) is 20.1 Å². The van der Waals surface area contributed by atoms with Crippen molar-refractivity contribution in [2.45, 2.75) is 70.1 Å². The molecule has 1 amide bonds. The van der Waals surface area contributed by atoms with Crippen LogP contribution in [0.1, 0.15) is 51.9 Å². The SMILES string of the molecule is C[C@H](NC(=O)CCn1cncn1)C12C[C@@H]3C[C@@H](CC(O)(C3)C1)C2. The normalized spacial score (nSPS) is 39.4. The first-order chi connectivity index (χ1) is 11.0. The summed E-state index contributed by atoms with van der Waals surface area (Å²) in [4.78, 5) is 16.2. The number of hydrogen-bond acceptors (Lipinski definition) is 4. The fourth-order valence-electron chi connectivity index (χ4n) is 5.82. The van der Waals surface area contributed by atoms with Gasteiger partial charge in [0.25, 0.3) is 0 Å². The zero-order valence-corrected chi connectivity index (χ0v) is 13.7. The summed E-state index contributed by atoms with van der Waals surface area (Å²) in [5.74, 6) is 1.36. The largest absolute Gasteiger partial charge is 0.390 e. The minimum absolute atomic E-state index is 0.0655. The lowest BCUT2D eigenvalue weighted by Crippen LogP contribution is -2.61. The first-order valence-electron chi connectivity index (χ1n) is 8.81. The summed E-state index contributed by atoms with van der Waals surface area (Å²) in [7, 11) is 0. The molecule has 0 saturated heterocycles. The molecule has 0 aromatic carbocycles. The van der Waals surface area contributed by atoms with Crippen LogP contribution in [0.4, 0.5) is 0 Å². The molecule has 2 N–H and O–H groups in total. The summed E-state index contributed by atoms with van der Waals surface area (Å²) < 4.78 is 1.68. The Morgan fingerprint density at radius 3 is 2.74 bits per heavy atom. The quantitative estimate of drug-likeness (QED) is 0.862. The molecule has 1 heterocycles. The van der Waals surface area contributed by atoms with Gasteiger partial charge in [0.1, 0.15) is 12.7 Å². The van der Waals surface area contributed by atoms with Crippen LogP contribution >= 0.6 is 0 Å². The van der Waals surface area contributed by atoms with Gasteiger partial charge in [-0.1, -0.05) is 0 Å². The number of carbonyl (C=O) groups is 1. The van der Waals surface area contributed by atoms with E-state index in [0.29, 0.717) is 24.8 Å². The van der Waals surface area contributed by atoms with Gasteiger partial charge in [0, 0.05) is 12.5 Å². The van der Waals surface area contributed by atoms with Gasteiger partial charge in [0.2, 0.25) is 5.91 Å². The molecule has 126 valence electrons. The molecule has 4 aliphatic rings. The smallest absolute Gasteiger partial charge is 0.222 e. The number of aromatic nitrogens is 3. The number of carbonyl (C=O) groups excluding carboxylic acids is 1. The molecule has 5 atom stereocenters. The molecule has 6 nitrogen and oxygen atoms in total. The third-order valence-electron chi connectivity index (χ3n) is 6.41. The highest BCUT2D eigenvalue weighted by molar-refractivity contribution is 5.76. The number of aryl methyl sites for hydroxylation is 1. The molecule has 4 saturated carbocycles. The predicted octanol–water partition coefficient (Wildman–Crippen LogP) is 1.50. The van der Waals surface area contributed by atoms with Gasteiger partial charge in [-0.2, -0.15) is 5.10 Å². The Hall–Kier alpha value is -1.43. The van der Waals surface area contributed by atoms with Crippen molar-refractivity contribution in [2.75, 3.05) is 0 Å². The molecule has 4 fully saturated rings. The predicted molar refractivity (Wildman–Crippen MR) is 84.3 cm³/mol. The van der Waals surface area contributed by atoms with Crippen LogP contribution in [-0.2, 0) is 11.3 Å². The lowest BCUT2D eigenvalue weighted by Gasteiger charge is -2.62. The average molecular weight is 318 g/mol. The van der Waals surface area contributed by atoms with E-state index in [2.05, 4.69) is 22.3 Å². The van der Waals surface area contributed by atoms with E-state index >= 15 is 0 Å². The van der Waals surface area contributed by atoms with Crippen molar-refractivity contribution < 1.29 is 9.90 Å². The molecule has 23 heavy (non-hydrogen) atoms. The Bertz CT molecular complexity index is 571. The number of amides is 1. The number of rotatable bonds is 5. The maximum absolute atomic E-state index is 12.3. The Kier molecular flexibility index (Phi) is 3.48. The monoisotopic (exact) mass is 318 g/mol. The number of nitrogens with one attached hydrogen (secondary N) is 1. The van der Waals surface area contributed by atoms with E-state index in [0.717, 1.165) is 32.1 Å². The Morgan fingerprint density at radius 1 is 1.39 bits per heavy atom. The van der Waals surface area contributed by atoms with Crippen LogP contribution in [0.5, 0.6) is 0 Å². The van der Waals surface area contributed by atoms with Crippen LogP contribution in [0.25, 0.3) is 0 Å². The zero-order valence-electron chi connectivity index (χ0n) is 13.7. The molecule has 1 aromatic rings. The molecule has 0 radical (unpaired) electrons. The van der Waals surface area contributed by atoms with Crippen molar-refractivity contribution in [2.24, 2.45) is 17.3 Å². The molecule has 0 aliphatic heterocycles. The van der Waals surface area contributed by atoms with E-state index in [9.17, 15) is 9.90 Å². The van der Waals surface area contributed by atoms with Gasteiger partial charge in [0.15, 0.2) is 0 Å². The fourth-order valence-corrected chi connectivity index (χ4v) is 5.82. The average Bonchev–Trinajstić information content (AvgIpc) is 2.95. The van der Waals surface area contributed by atoms with Gasteiger partial charge >= 0.3 is 0 Å². The molecule has 6 heteroatoms. The van der Waals surface area contributed by atoms with E-state index in [1.54, 1.807) is 11.0 Å². The van der Waals surface area contributed by atoms with E-state index < -0.39 is 5.60 Å². The van der Waals surface area contributed by atoms with Crippen LogP contribution in [0.3, 0.4) is 0 Å². The molecular formula is C17H26N4O2. The molecule has 5 rings (SSSR count). The van der Waals surface area contributed by atoms with E-state index in [1.807, 2.05) is 0 Å². The molecule has 2 unspecified atom stereocenters. The second kappa shape index (κ2) is 5.30. The summed E-state index contributed by atoms with van der Waals surface area (Å²) in [6.07, 6.45) is 9.93. The first-order valence-corrected chi connectivity index (χ1v) is 8.81. The van der Waals surface area contributed by atoms with Crippen molar-refractivity contribution in [3.8, 4) is 0 Å². The van der Waals surface area contributed by atoms with Crippen molar-refractivity contribution in [3.05, 3.63) is 12.7 Å². The summed E-state index contributed by atoms with van der Waals surface area (Å²) in [5, 5.41) is 18.1. The molecule has 4 bridgehead atoms. The lowest BCUT2D eigenvalue weighted by atomic mass is 9.46. The topological polar surface area (TPSA) is 80.0 Å². The van der Waals surface area contributed by atoms with Crippen molar-refractivity contribution in [1.29, 1.82) is 0 Å². The van der Waals surface area contributed by atoms with Gasteiger partial charge in [0.05, 0.1) is 12.1 Å². The van der Waals surface area contributed by atoms with Crippen LogP contribution in [0, 0.1) is 17.3 Å². The number of hydrogen-bond donors (Lipinski definition) is 2. The number of nitrogens with zero attached hydrogens (tertiary/aromatic N) is 3. The first kappa shape index (κ1) is 15.1. The second-order valence-electron chi connectivity index (χ2n) is 8.25. The van der Waals surface area contributed by atoms with Gasteiger partial charge in [-0.3, -0.25) is 9.48 Å². The summed E-state index contributed by atoms with van der Waals surface area (Å²) >= 11 is 0. The van der Waals surface area contributed by atoms with Gasteiger partial charge in [-0.05, 0) is 62.7 Å². The van der Waals surface area contributed by atoms with E-state index in [4.69, 9.17) is 0 Å². The van der Waals surface area contributed by atoms with Gasteiger partial charge in [-0.15, -0.1) is 0 Å². The minimum atomic E-state index is -0.468. The van der Waals surface area contributed by atoms with Gasteiger partial charge in [-0.25, -0.2) is 4.98 Å². The molecule has 1 aromatic heterocycles. The molecular weight excluding hydrogens is 292 g/mol. The molecule has 4 aliphatic carbocycles. The van der Waals surface area contributed by atoms with Crippen LogP contribution < -0.4 is 5.32 Å². The third kappa shape index (κ3) is 2.77. The summed E-state index contributed by atoms with van der Waals surface area (Å²) in [6.45, 7) is 2.69. The van der Waals surface area contributed by atoms with Gasteiger partial charge < -0.3 is 10.4 Å². The van der Waals surface area contributed by atoms with Crippen molar-refractivity contribution >= 4 is 5.91 Å². The highest BCUT2D eigenvalue weighted by Crippen LogP contribution is 2.62. The Balaban J connectivity index is 1.38. The fraction of sp³-hybridized carbons (Fsp3) is 0.824. The van der Waals surface area contributed by atoms with Crippen molar-refractivity contribution in [3.63, 3.8) is 0 Å². The number of aliphatic hydroxyl groups is 1. The standard InChI is InChI=1S/C17H26N4O2/c1-12(20-15(22)2-3-21-11-18-10-19-21)16-5-13-4-14(6-16)8-17(23,7-13)9-16/h10-14,23H,2-9H2,1H3,(H,20,22)/t12-,13-,14+,16?,17?/m0/s1. The Morgan fingerprint density at radius 2 is 2.13 bits per heavy atom. The van der Waals surface area contributed by atoms with Crippen LogP contribution in [0.15, 0.2) is 12.7 Å². The van der Waals surface area contributed by atoms with Crippen LogP contribution in [0.2, 0.25) is 0 Å². The maximum atomic E-state index is 12.3. The van der Waals surface area contributed by atoms with E-state index in [1.165, 1.54) is 12.7 Å². The molecule has 0 spiro atoms. The third-order valence-corrected chi connectivity index (χ3v) is 6.41. The summed E-state index contributed by atoms with van der Waals surface area (Å²) in [5.41, 5.74) is -0.369. The van der Waals surface area contributed by atoms with E-state index in [-0.39, 0.29) is 17.4 Å². The zero-order chi connectivity index (χ0) is 16.1. The maximum Gasteiger partial charge on any atom is 0.222 e. The Labute approximate surface area is 136 Å². The minimum Gasteiger partial charge on any atom is -0.390 e. The highest BCUT2D eigenvalue weighted by Gasteiger charge is 2.58. The van der Waals surface area contributed by atoms with Crippen LogP contribution in [-0.4, -0.2) is 37.4 Å².